The second-order valence-corrected chi connectivity index (χ2v) is 5.82. The Kier molecular flexibility index (Phi) is 5.06. The largest absolute Gasteiger partial charge is 0.351 e. The fourth-order valence-corrected chi connectivity index (χ4v) is 1.82. The second-order valence-electron chi connectivity index (χ2n) is 3.55. The van der Waals surface area contributed by atoms with Crippen molar-refractivity contribution in [2.24, 2.45) is 0 Å². The molecule has 0 aliphatic rings. The third kappa shape index (κ3) is 4.99. The Bertz CT molecular complexity index is 548. The van der Waals surface area contributed by atoms with Crippen LogP contribution in [-0.2, 0) is 10.0 Å². The van der Waals surface area contributed by atoms with E-state index in [0.29, 0.717) is 0 Å². The maximum atomic E-state index is 13.3. The van der Waals surface area contributed by atoms with Crippen molar-refractivity contribution in [3.63, 3.8) is 0 Å². The maximum absolute atomic E-state index is 13.3. The molecule has 0 bridgehead atoms. The van der Waals surface area contributed by atoms with E-state index in [2.05, 4.69) is 10.0 Å². The predicted molar refractivity (Wildman–Crippen MR) is 66.6 cm³/mol. The number of hydrogen-bond donors (Lipinski definition) is 2. The minimum absolute atomic E-state index is 0.0345. The molecule has 0 atom stereocenters. The smallest absolute Gasteiger partial charge is 0.254 e. The molecule has 1 rings (SSSR count). The SMILES string of the molecule is CS(=O)(=O)NCCNC(=O)c1cc(Cl)ccc1F. The van der Waals surface area contributed by atoms with Gasteiger partial charge in [0.05, 0.1) is 11.8 Å². The molecule has 5 nitrogen and oxygen atoms in total. The summed E-state index contributed by atoms with van der Waals surface area (Å²) < 4.78 is 37.0. The van der Waals surface area contributed by atoms with Gasteiger partial charge in [0.15, 0.2) is 0 Å². The monoisotopic (exact) mass is 294 g/mol. The van der Waals surface area contributed by atoms with Gasteiger partial charge in [-0.15, -0.1) is 0 Å². The molecule has 0 unspecified atom stereocenters. The van der Waals surface area contributed by atoms with Crippen molar-refractivity contribution in [1.29, 1.82) is 0 Å². The van der Waals surface area contributed by atoms with Crippen LogP contribution < -0.4 is 10.0 Å². The molecule has 1 aromatic carbocycles. The number of carbonyl (C=O) groups excluding carboxylic acids is 1. The first-order valence-electron chi connectivity index (χ1n) is 4.97. The van der Waals surface area contributed by atoms with E-state index in [-0.39, 0.29) is 23.7 Å². The van der Waals surface area contributed by atoms with E-state index < -0.39 is 21.7 Å². The van der Waals surface area contributed by atoms with Crippen molar-refractivity contribution in [2.75, 3.05) is 19.3 Å². The van der Waals surface area contributed by atoms with Crippen LogP contribution in [0.5, 0.6) is 0 Å². The van der Waals surface area contributed by atoms with Gasteiger partial charge in [-0.3, -0.25) is 4.79 Å². The number of halogens is 2. The highest BCUT2D eigenvalue weighted by atomic mass is 35.5. The lowest BCUT2D eigenvalue weighted by Gasteiger charge is -2.06. The Morgan fingerprint density at radius 3 is 2.67 bits per heavy atom. The molecule has 0 aliphatic carbocycles. The fourth-order valence-electron chi connectivity index (χ4n) is 1.18. The molecule has 0 radical (unpaired) electrons. The van der Waals surface area contributed by atoms with Gasteiger partial charge in [-0.25, -0.2) is 17.5 Å². The summed E-state index contributed by atoms with van der Waals surface area (Å²) in [5, 5.41) is 2.62. The molecule has 0 aromatic heterocycles. The lowest BCUT2D eigenvalue weighted by Crippen LogP contribution is -2.34. The highest BCUT2D eigenvalue weighted by Gasteiger charge is 2.11. The summed E-state index contributed by atoms with van der Waals surface area (Å²) in [6, 6.07) is 3.63. The van der Waals surface area contributed by atoms with E-state index in [0.717, 1.165) is 12.3 Å². The number of amides is 1. The van der Waals surface area contributed by atoms with Gasteiger partial charge in [-0.2, -0.15) is 0 Å². The average molecular weight is 295 g/mol. The zero-order valence-electron chi connectivity index (χ0n) is 9.54. The van der Waals surface area contributed by atoms with Crippen molar-refractivity contribution in [2.45, 2.75) is 0 Å². The summed E-state index contributed by atoms with van der Waals surface area (Å²) >= 11 is 5.64. The highest BCUT2D eigenvalue weighted by Crippen LogP contribution is 2.14. The van der Waals surface area contributed by atoms with Crippen molar-refractivity contribution < 1.29 is 17.6 Å². The first-order valence-corrected chi connectivity index (χ1v) is 7.24. The number of sulfonamides is 1. The Balaban J connectivity index is 2.53. The molecule has 0 aliphatic heterocycles. The molecule has 1 amide bonds. The lowest BCUT2D eigenvalue weighted by atomic mass is 10.2. The van der Waals surface area contributed by atoms with Crippen LogP contribution in [0.4, 0.5) is 4.39 Å². The topological polar surface area (TPSA) is 75.3 Å². The third-order valence-corrected chi connectivity index (χ3v) is 2.91. The van der Waals surface area contributed by atoms with E-state index in [1.165, 1.54) is 12.1 Å². The zero-order valence-corrected chi connectivity index (χ0v) is 11.1. The minimum Gasteiger partial charge on any atom is -0.351 e. The van der Waals surface area contributed by atoms with Crippen LogP contribution in [0.3, 0.4) is 0 Å². The van der Waals surface area contributed by atoms with Crippen LogP contribution in [0.1, 0.15) is 10.4 Å². The highest BCUT2D eigenvalue weighted by molar-refractivity contribution is 7.88. The van der Waals surface area contributed by atoms with Crippen molar-refractivity contribution in [3.8, 4) is 0 Å². The number of rotatable bonds is 5. The van der Waals surface area contributed by atoms with Crippen LogP contribution in [0.25, 0.3) is 0 Å². The summed E-state index contributed by atoms with van der Waals surface area (Å²) in [5.74, 6) is -1.33. The van der Waals surface area contributed by atoms with Gasteiger partial charge in [-0.1, -0.05) is 11.6 Å². The molecule has 0 saturated carbocycles. The molecule has 2 N–H and O–H groups in total. The fraction of sp³-hybridized carbons (Fsp3) is 0.300. The molecule has 8 heteroatoms. The third-order valence-electron chi connectivity index (χ3n) is 1.95. The van der Waals surface area contributed by atoms with E-state index in [4.69, 9.17) is 11.6 Å². The molecule has 100 valence electrons. The van der Waals surface area contributed by atoms with E-state index in [1.807, 2.05) is 0 Å². The number of hydrogen-bond acceptors (Lipinski definition) is 3. The van der Waals surface area contributed by atoms with Crippen molar-refractivity contribution in [3.05, 3.63) is 34.6 Å². The average Bonchev–Trinajstić information content (AvgIpc) is 2.26. The van der Waals surface area contributed by atoms with Gasteiger partial charge in [0.1, 0.15) is 5.82 Å². The number of nitrogens with one attached hydrogen (secondary N) is 2. The Morgan fingerprint density at radius 2 is 2.06 bits per heavy atom. The molecular formula is C10H12ClFN2O3S. The van der Waals surface area contributed by atoms with Gasteiger partial charge in [0.2, 0.25) is 10.0 Å². The molecule has 0 spiro atoms. The normalized spacial score (nSPS) is 11.3. The minimum atomic E-state index is -3.30. The Labute approximate surface area is 109 Å². The van der Waals surface area contributed by atoms with Crippen LogP contribution in [0, 0.1) is 5.82 Å². The summed E-state index contributed by atoms with van der Waals surface area (Å²) in [6.45, 7) is 0.0879. The van der Waals surface area contributed by atoms with E-state index in [1.54, 1.807) is 0 Å². The van der Waals surface area contributed by atoms with Gasteiger partial charge < -0.3 is 5.32 Å². The number of carbonyl (C=O) groups is 1. The lowest BCUT2D eigenvalue weighted by molar-refractivity contribution is 0.0950. The van der Waals surface area contributed by atoms with Gasteiger partial charge >= 0.3 is 0 Å². The molecular weight excluding hydrogens is 283 g/mol. The summed E-state index contributed by atoms with van der Waals surface area (Å²) in [6.07, 6.45) is 1.01. The standard InChI is InChI=1S/C10H12ClFN2O3S/c1-18(16,17)14-5-4-13-10(15)8-6-7(11)2-3-9(8)12/h2-3,6,14H,4-5H2,1H3,(H,13,15). The maximum Gasteiger partial charge on any atom is 0.254 e. The quantitative estimate of drug-likeness (QED) is 0.787. The summed E-state index contributed by atoms with van der Waals surface area (Å²) in [7, 11) is -3.30. The zero-order chi connectivity index (χ0) is 13.8. The summed E-state index contributed by atoms with van der Waals surface area (Å²) in [5.41, 5.74) is -0.179. The molecule has 1 aromatic rings. The first-order chi connectivity index (χ1) is 8.29. The Hall–Kier alpha value is -1.18. The van der Waals surface area contributed by atoms with Crippen LogP contribution in [-0.4, -0.2) is 33.7 Å². The van der Waals surface area contributed by atoms with Gasteiger partial charge in [-0.05, 0) is 18.2 Å². The van der Waals surface area contributed by atoms with Gasteiger partial charge in [0, 0.05) is 18.1 Å². The molecule has 0 fully saturated rings. The second kappa shape index (κ2) is 6.12. The van der Waals surface area contributed by atoms with E-state index >= 15 is 0 Å². The van der Waals surface area contributed by atoms with Crippen LogP contribution in [0.2, 0.25) is 5.02 Å². The van der Waals surface area contributed by atoms with Crippen molar-refractivity contribution in [1.82, 2.24) is 10.0 Å². The molecule has 0 heterocycles. The molecule has 0 saturated heterocycles. The van der Waals surface area contributed by atoms with Gasteiger partial charge in [0.25, 0.3) is 5.91 Å². The van der Waals surface area contributed by atoms with Crippen molar-refractivity contribution >= 4 is 27.5 Å². The predicted octanol–water partition coefficient (Wildman–Crippen LogP) is 0.758. The number of benzene rings is 1. The Morgan fingerprint density at radius 1 is 1.39 bits per heavy atom. The summed E-state index contributed by atoms with van der Waals surface area (Å²) in [4.78, 5) is 11.6. The van der Waals surface area contributed by atoms with E-state index in [9.17, 15) is 17.6 Å². The van der Waals surface area contributed by atoms with Crippen LogP contribution in [0.15, 0.2) is 18.2 Å². The molecule has 18 heavy (non-hydrogen) atoms. The van der Waals surface area contributed by atoms with Crippen LogP contribution >= 0.6 is 11.6 Å². The first kappa shape index (κ1) is 14.9.